The molecular weight excluding hydrogens is 535 g/mol. The lowest BCUT2D eigenvalue weighted by Gasteiger charge is -2.39. The van der Waals surface area contributed by atoms with Crippen molar-refractivity contribution in [1.82, 2.24) is 19.4 Å². The summed E-state index contributed by atoms with van der Waals surface area (Å²) in [6.45, 7) is 2.84. The van der Waals surface area contributed by atoms with Crippen LogP contribution in [0.15, 0.2) is 54.7 Å². The molecule has 202 valence electrons. The number of amides is 1. The van der Waals surface area contributed by atoms with Gasteiger partial charge in [-0.05, 0) is 55.6 Å². The number of carbonyl (C=O) groups is 1. The first kappa shape index (κ1) is 28.1. The maximum Gasteiger partial charge on any atom is 0.387 e. The van der Waals surface area contributed by atoms with Crippen molar-refractivity contribution in [2.75, 3.05) is 19.7 Å². The number of aromatic nitrogens is 3. The van der Waals surface area contributed by atoms with Gasteiger partial charge in [0.05, 0.1) is 28.2 Å². The second-order valence-electron chi connectivity index (χ2n) is 9.66. The van der Waals surface area contributed by atoms with Crippen LogP contribution in [0.25, 0.3) is 27.8 Å². The van der Waals surface area contributed by atoms with Crippen LogP contribution in [0.4, 0.5) is 8.78 Å². The van der Waals surface area contributed by atoms with E-state index >= 15 is 0 Å². The first-order valence-corrected chi connectivity index (χ1v) is 14.9. The maximum atomic E-state index is 13.7. The fourth-order valence-electron chi connectivity index (χ4n) is 4.84. The molecule has 0 spiro atoms. The molecule has 0 saturated carbocycles. The van der Waals surface area contributed by atoms with Gasteiger partial charge in [0.1, 0.15) is 33.6 Å². The summed E-state index contributed by atoms with van der Waals surface area (Å²) in [4.78, 5) is 23.8. The molecule has 1 amide bonds. The van der Waals surface area contributed by atoms with E-state index in [4.69, 9.17) is 30.2 Å². The molecule has 1 N–H and O–H groups in total. The van der Waals surface area contributed by atoms with Crippen molar-refractivity contribution in [2.24, 2.45) is 0 Å². The zero-order valence-electron chi connectivity index (χ0n) is 22.1. The number of aliphatic hydroxyl groups is 1. The summed E-state index contributed by atoms with van der Waals surface area (Å²) in [6, 6.07) is 12.4. The fourth-order valence-corrected chi connectivity index (χ4v) is 5.23. The number of ether oxygens (including phenoxy) is 2. The zero-order chi connectivity index (χ0) is 28.8. The Morgan fingerprint density at radius 3 is 2.52 bits per heavy atom. The van der Waals surface area contributed by atoms with E-state index in [-0.39, 0.29) is 37.2 Å². The molecule has 40 heavy (non-hydrogen) atoms. The Hall–Kier alpha value is -3.49. The Balaban J connectivity index is 1.74. The molecule has 13 heteroatoms. The Kier molecular flexibility index (Phi) is 7.59. The van der Waals surface area contributed by atoms with Crippen molar-refractivity contribution in [3.63, 3.8) is 0 Å². The van der Waals surface area contributed by atoms with Crippen LogP contribution < -0.4 is 9.47 Å². The second kappa shape index (κ2) is 10.8. The normalized spacial score (nSPS) is 15.3. The van der Waals surface area contributed by atoms with Gasteiger partial charge in [-0.3, -0.25) is 9.36 Å². The highest BCUT2D eigenvalue weighted by molar-refractivity contribution is 7.55. The van der Waals surface area contributed by atoms with E-state index in [0.29, 0.717) is 23.3 Å². The highest BCUT2D eigenvalue weighted by Crippen LogP contribution is 2.42. The van der Waals surface area contributed by atoms with Gasteiger partial charge in [-0.25, -0.2) is 9.97 Å². The summed E-state index contributed by atoms with van der Waals surface area (Å²) < 4.78 is 39.1. The minimum atomic E-state index is -3.15. The van der Waals surface area contributed by atoms with Crippen LogP contribution >= 0.6 is 7.92 Å². The third-order valence-electron chi connectivity index (χ3n) is 6.49. The number of benzene rings is 2. The number of hydrogen-bond donors (Lipinski definition) is 1. The van der Waals surface area contributed by atoms with Crippen molar-refractivity contribution in [2.45, 2.75) is 31.5 Å². The van der Waals surface area contributed by atoms with Crippen molar-refractivity contribution in [1.29, 1.82) is 0 Å². The molecule has 0 saturated heterocycles. The summed E-state index contributed by atoms with van der Waals surface area (Å²) in [5, 5.41) is 10.6. The van der Waals surface area contributed by atoms with E-state index in [1.165, 1.54) is 18.2 Å². The quantitative estimate of drug-likeness (QED) is 0.250. The number of nitrogens with zero attached hydrogens (tertiary/aromatic N) is 4. The third-order valence-corrected chi connectivity index (χ3v) is 7.14. The zero-order valence-corrected chi connectivity index (χ0v) is 23.0. The monoisotopic (exact) mass is 560 g/mol. The molecule has 2 aromatic carbocycles. The Morgan fingerprint density at radius 2 is 1.90 bits per heavy atom. The number of pyridine rings is 1. The second-order valence-corrected chi connectivity index (χ2v) is 12.1. The molecule has 4 radical (unpaired) electrons. The molecule has 1 unspecified atom stereocenters. The van der Waals surface area contributed by atoms with Crippen LogP contribution in [0.2, 0.25) is 0 Å². The molecular formula is C27H25B2F2N4O4P. The van der Waals surface area contributed by atoms with E-state index in [1.54, 1.807) is 29.8 Å². The lowest BCUT2D eigenvalue weighted by atomic mass is 9.70. The number of carbonyl (C=O) groups excluding carboxylic acids is 1. The first-order chi connectivity index (χ1) is 19.0. The van der Waals surface area contributed by atoms with Gasteiger partial charge in [0.15, 0.2) is 5.75 Å². The van der Waals surface area contributed by atoms with Crippen molar-refractivity contribution < 1.29 is 28.2 Å². The molecule has 4 aromatic rings. The van der Waals surface area contributed by atoms with Crippen molar-refractivity contribution in [3.05, 3.63) is 66.1 Å². The lowest BCUT2D eigenvalue weighted by molar-refractivity contribution is -0.0498. The SMILES string of the molecule is [B]C([B])(O)N1C(=O)c2cccc(OC(F)F)c2-n2c(nc3ccc(-c4ccc(OCP(C)C)nc4)cc32)C1CC. The summed E-state index contributed by atoms with van der Waals surface area (Å²) >= 11 is 0. The standard InChI is InChI=1S/C27H25B2F2N4O4P/c1-4-19-24-33-18-10-8-15(16-9-11-22(32-13-16)38-14-40(2)3)12-20(18)34(24)23-17(25(36)35(19)27(28,29)37)6-5-7-21(23)39-26(30)31/h5-13,19,26,37H,4,14H2,1-3H3. The average Bonchev–Trinajstić information content (AvgIpc) is 3.22. The molecule has 5 rings (SSSR count). The van der Waals surface area contributed by atoms with Gasteiger partial charge in [0, 0.05) is 17.8 Å². The topological polar surface area (TPSA) is 89.7 Å². The number of rotatable bonds is 8. The predicted molar refractivity (Wildman–Crippen MR) is 151 cm³/mol. The molecule has 2 aromatic heterocycles. The van der Waals surface area contributed by atoms with Gasteiger partial charge in [0.25, 0.3) is 5.91 Å². The van der Waals surface area contributed by atoms with Gasteiger partial charge in [-0.2, -0.15) is 8.78 Å². The predicted octanol–water partition coefficient (Wildman–Crippen LogP) is 4.61. The van der Waals surface area contributed by atoms with Crippen LogP contribution in [0.3, 0.4) is 0 Å². The Bertz CT molecular complexity index is 1560. The highest BCUT2D eigenvalue weighted by Gasteiger charge is 2.42. The van der Waals surface area contributed by atoms with Crippen LogP contribution in [0.1, 0.15) is 35.6 Å². The van der Waals surface area contributed by atoms with Crippen LogP contribution in [0.5, 0.6) is 11.6 Å². The van der Waals surface area contributed by atoms with Crippen LogP contribution in [-0.4, -0.2) is 78.0 Å². The lowest BCUT2D eigenvalue weighted by Crippen LogP contribution is -2.54. The summed E-state index contributed by atoms with van der Waals surface area (Å²) in [7, 11) is 11.5. The minimum absolute atomic E-state index is 0.0376. The van der Waals surface area contributed by atoms with Crippen molar-refractivity contribution in [3.8, 4) is 28.4 Å². The molecule has 0 fully saturated rings. The van der Waals surface area contributed by atoms with Gasteiger partial charge < -0.3 is 19.5 Å². The van der Waals surface area contributed by atoms with Crippen LogP contribution in [0, 0.1) is 0 Å². The number of fused-ring (bicyclic) bond motifs is 5. The molecule has 1 atom stereocenters. The Labute approximate surface area is 233 Å². The van der Waals surface area contributed by atoms with Crippen LogP contribution in [-0.2, 0) is 0 Å². The summed E-state index contributed by atoms with van der Waals surface area (Å²) in [5.74, 6) is -0.205. The molecule has 1 aliphatic rings. The Morgan fingerprint density at radius 1 is 1.15 bits per heavy atom. The van der Waals surface area contributed by atoms with E-state index in [1.807, 2.05) is 18.2 Å². The largest absolute Gasteiger partial charge is 0.473 e. The fraction of sp³-hybridized carbons (Fsp3) is 0.296. The number of alkyl halides is 2. The smallest absolute Gasteiger partial charge is 0.387 e. The summed E-state index contributed by atoms with van der Waals surface area (Å²) in [5.41, 5.74) is 0.0513. The number of halogens is 2. The number of imidazole rings is 1. The minimum Gasteiger partial charge on any atom is -0.473 e. The van der Waals surface area contributed by atoms with E-state index in [9.17, 15) is 18.7 Å². The van der Waals surface area contributed by atoms with Gasteiger partial charge in [-0.1, -0.05) is 27.0 Å². The molecule has 0 aliphatic carbocycles. The van der Waals surface area contributed by atoms with E-state index < -0.39 is 24.1 Å². The van der Waals surface area contributed by atoms with Gasteiger partial charge >= 0.3 is 6.61 Å². The molecule has 3 heterocycles. The number of hydrogen-bond acceptors (Lipinski definition) is 6. The van der Waals surface area contributed by atoms with Gasteiger partial charge in [0.2, 0.25) is 5.88 Å². The average molecular weight is 560 g/mol. The van der Waals surface area contributed by atoms with Gasteiger partial charge in [-0.15, -0.1) is 0 Å². The molecule has 8 nitrogen and oxygen atoms in total. The molecule has 0 bridgehead atoms. The highest BCUT2D eigenvalue weighted by atomic mass is 31.1. The van der Waals surface area contributed by atoms with Crippen molar-refractivity contribution >= 4 is 40.6 Å². The van der Waals surface area contributed by atoms with E-state index in [2.05, 4.69) is 18.3 Å². The molecule has 1 aliphatic heterocycles. The number of para-hydroxylation sites is 1. The maximum absolute atomic E-state index is 13.7. The summed E-state index contributed by atoms with van der Waals surface area (Å²) in [6.07, 6.45) is 2.56. The first-order valence-electron chi connectivity index (χ1n) is 12.5. The third kappa shape index (κ3) is 5.18. The van der Waals surface area contributed by atoms with E-state index in [0.717, 1.165) is 16.0 Å².